The number of hydrogen-bond acceptors (Lipinski definition) is 6. The molecule has 142 valence electrons. The van der Waals surface area contributed by atoms with Crippen LogP contribution in [0.1, 0.15) is 25.7 Å². The molecule has 4 rings (SSSR count). The Kier molecular flexibility index (Phi) is 4.40. The molecule has 1 aromatic carbocycles. The third kappa shape index (κ3) is 3.30. The van der Waals surface area contributed by atoms with E-state index < -0.39 is 14.9 Å². The highest BCUT2D eigenvalue weighted by atomic mass is 32.2. The van der Waals surface area contributed by atoms with Gasteiger partial charge in [-0.15, -0.1) is 0 Å². The van der Waals surface area contributed by atoms with Crippen molar-refractivity contribution in [3.63, 3.8) is 0 Å². The summed E-state index contributed by atoms with van der Waals surface area (Å²) in [5.41, 5.74) is 0.304. The lowest BCUT2D eigenvalue weighted by molar-refractivity contribution is -0.385. The molecule has 2 saturated carbocycles. The molecular formula is C17H24N4O4S. The third-order valence-electron chi connectivity index (χ3n) is 6.26. The van der Waals surface area contributed by atoms with E-state index >= 15 is 0 Å². The molecule has 2 N–H and O–H groups in total. The first-order valence-electron chi connectivity index (χ1n) is 9.12. The maximum Gasteiger partial charge on any atom is 0.272 e. The summed E-state index contributed by atoms with van der Waals surface area (Å²) in [5.74, 6) is 1.73. The Balaban J connectivity index is 1.50. The number of primary sulfonamides is 1. The molecule has 3 aliphatic rings. The molecule has 8 nitrogen and oxygen atoms in total. The van der Waals surface area contributed by atoms with Crippen LogP contribution >= 0.6 is 0 Å². The number of hydrogen-bond donors (Lipinski definition) is 1. The van der Waals surface area contributed by atoms with Gasteiger partial charge in [-0.3, -0.25) is 15.0 Å². The fraction of sp³-hybridized carbons (Fsp3) is 0.647. The van der Waals surface area contributed by atoms with Crippen LogP contribution in [0.15, 0.2) is 23.1 Å². The van der Waals surface area contributed by atoms with Gasteiger partial charge in [0.2, 0.25) is 10.0 Å². The lowest BCUT2D eigenvalue weighted by atomic mass is 9.93. The smallest absolute Gasteiger partial charge is 0.272 e. The van der Waals surface area contributed by atoms with Gasteiger partial charge >= 0.3 is 0 Å². The molecule has 0 spiro atoms. The summed E-state index contributed by atoms with van der Waals surface area (Å²) in [6.45, 7) is 3.28. The van der Waals surface area contributed by atoms with Crippen molar-refractivity contribution in [2.24, 2.45) is 17.0 Å². The van der Waals surface area contributed by atoms with E-state index in [9.17, 15) is 18.5 Å². The molecule has 2 aliphatic carbocycles. The van der Waals surface area contributed by atoms with Gasteiger partial charge in [0, 0.05) is 50.0 Å². The Morgan fingerprint density at radius 2 is 1.81 bits per heavy atom. The number of benzene rings is 1. The van der Waals surface area contributed by atoms with Crippen molar-refractivity contribution in [1.82, 2.24) is 4.90 Å². The fourth-order valence-electron chi connectivity index (χ4n) is 4.99. The maximum atomic E-state index is 11.7. The Morgan fingerprint density at radius 3 is 2.35 bits per heavy atom. The minimum Gasteiger partial charge on any atom is -0.369 e. The molecule has 0 amide bonds. The standard InChI is InChI=1S/C17H24N4O4S/c18-26(24,25)16-10-14(9-15(11-16)21(22)23)19-3-5-20(6-4-19)17-8-12-1-2-13(17)7-12/h9-13,17H,1-8H2,(H2,18,24,25). The zero-order valence-corrected chi connectivity index (χ0v) is 15.4. The molecule has 0 radical (unpaired) electrons. The van der Waals surface area contributed by atoms with E-state index in [0.717, 1.165) is 44.1 Å². The highest BCUT2D eigenvalue weighted by Crippen LogP contribution is 2.46. The first-order valence-corrected chi connectivity index (χ1v) is 10.7. The fourth-order valence-corrected chi connectivity index (χ4v) is 5.56. The topological polar surface area (TPSA) is 110 Å². The van der Waals surface area contributed by atoms with Gasteiger partial charge in [-0.25, -0.2) is 13.6 Å². The monoisotopic (exact) mass is 380 g/mol. The van der Waals surface area contributed by atoms with Crippen LogP contribution in [-0.2, 0) is 10.0 Å². The van der Waals surface area contributed by atoms with Crippen LogP contribution in [0, 0.1) is 22.0 Å². The van der Waals surface area contributed by atoms with Crippen molar-refractivity contribution in [3.8, 4) is 0 Å². The van der Waals surface area contributed by atoms with E-state index in [2.05, 4.69) is 4.90 Å². The number of nitro groups is 1. The van der Waals surface area contributed by atoms with E-state index in [1.807, 2.05) is 4.90 Å². The molecule has 1 heterocycles. The molecular weight excluding hydrogens is 356 g/mol. The van der Waals surface area contributed by atoms with Crippen LogP contribution in [0.25, 0.3) is 0 Å². The molecule has 3 atom stereocenters. The van der Waals surface area contributed by atoms with Gasteiger partial charge < -0.3 is 4.90 Å². The van der Waals surface area contributed by atoms with Crippen molar-refractivity contribution >= 4 is 21.4 Å². The molecule has 2 bridgehead atoms. The van der Waals surface area contributed by atoms with Crippen LogP contribution in [0.3, 0.4) is 0 Å². The summed E-state index contributed by atoms with van der Waals surface area (Å²) in [6.07, 6.45) is 5.40. The molecule has 0 aromatic heterocycles. The molecule has 1 aliphatic heterocycles. The Bertz CT molecular complexity index is 820. The molecule has 3 unspecified atom stereocenters. The minimum absolute atomic E-state index is 0.211. The van der Waals surface area contributed by atoms with Crippen LogP contribution in [0.2, 0.25) is 0 Å². The summed E-state index contributed by atoms with van der Waals surface area (Å²) >= 11 is 0. The van der Waals surface area contributed by atoms with Gasteiger partial charge in [0.1, 0.15) is 0 Å². The van der Waals surface area contributed by atoms with Crippen LogP contribution in [-0.4, -0.2) is 50.5 Å². The summed E-state index contributed by atoms with van der Waals surface area (Å²) in [5, 5.41) is 16.3. The van der Waals surface area contributed by atoms with Gasteiger partial charge in [0.15, 0.2) is 0 Å². The summed E-state index contributed by atoms with van der Waals surface area (Å²) in [6, 6.07) is 4.57. The van der Waals surface area contributed by atoms with E-state index in [0.29, 0.717) is 11.7 Å². The van der Waals surface area contributed by atoms with Gasteiger partial charge in [0.05, 0.1) is 9.82 Å². The van der Waals surface area contributed by atoms with Gasteiger partial charge in [-0.1, -0.05) is 6.42 Å². The predicted molar refractivity (Wildman–Crippen MR) is 97.5 cm³/mol. The van der Waals surface area contributed by atoms with Gasteiger partial charge in [-0.2, -0.15) is 0 Å². The largest absolute Gasteiger partial charge is 0.369 e. The zero-order valence-electron chi connectivity index (χ0n) is 14.6. The number of nitrogens with two attached hydrogens (primary N) is 1. The summed E-state index contributed by atoms with van der Waals surface area (Å²) < 4.78 is 23.3. The van der Waals surface area contributed by atoms with Gasteiger partial charge in [-0.05, 0) is 37.2 Å². The quantitative estimate of drug-likeness (QED) is 0.627. The van der Waals surface area contributed by atoms with Crippen molar-refractivity contribution in [2.75, 3.05) is 31.1 Å². The molecule has 26 heavy (non-hydrogen) atoms. The van der Waals surface area contributed by atoms with Crippen molar-refractivity contribution in [1.29, 1.82) is 0 Å². The number of rotatable bonds is 4. The first kappa shape index (κ1) is 17.7. The minimum atomic E-state index is -3.99. The lowest BCUT2D eigenvalue weighted by Crippen LogP contribution is -2.51. The average molecular weight is 380 g/mol. The van der Waals surface area contributed by atoms with Crippen molar-refractivity contribution in [3.05, 3.63) is 28.3 Å². The Labute approximate surface area is 153 Å². The second kappa shape index (κ2) is 6.47. The molecule has 3 fully saturated rings. The van der Waals surface area contributed by atoms with Crippen LogP contribution in [0.4, 0.5) is 11.4 Å². The highest BCUT2D eigenvalue weighted by molar-refractivity contribution is 7.89. The normalized spacial score (nSPS) is 29.3. The van der Waals surface area contributed by atoms with E-state index in [1.54, 1.807) is 0 Å². The van der Waals surface area contributed by atoms with E-state index in [4.69, 9.17) is 5.14 Å². The van der Waals surface area contributed by atoms with Crippen LogP contribution < -0.4 is 10.0 Å². The van der Waals surface area contributed by atoms with Crippen LogP contribution in [0.5, 0.6) is 0 Å². The zero-order chi connectivity index (χ0) is 18.5. The predicted octanol–water partition coefficient (Wildman–Crippen LogP) is 1.55. The number of sulfonamides is 1. The first-order chi connectivity index (χ1) is 12.3. The second-order valence-corrected chi connectivity index (χ2v) is 9.31. The second-order valence-electron chi connectivity index (χ2n) is 7.75. The summed E-state index contributed by atoms with van der Waals surface area (Å²) in [7, 11) is -3.99. The Hall–Kier alpha value is -1.71. The average Bonchev–Trinajstić information content (AvgIpc) is 3.24. The number of fused-ring (bicyclic) bond motifs is 2. The SMILES string of the molecule is NS(=O)(=O)c1cc(N2CCN(C3CC4CCC3C4)CC2)cc([N+](=O)[O-])c1. The van der Waals surface area contributed by atoms with Gasteiger partial charge in [0.25, 0.3) is 5.69 Å². The molecule has 1 aromatic rings. The number of piperazine rings is 1. The van der Waals surface area contributed by atoms with E-state index in [1.165, 1.54) is 37.8 Å². The van der Waals surface area contributed by atoms with Crippen molar-refractivity contribution < 1.29 is 13.3 Å². The lowest BCUT2D eigenvalue weighted by Gasteiger charge is -2.41. The maximum absolute atomic E-state index is 11.7. The number of non-ortho nitro benzene ring substituents is 1. The Morgan fingerprint density at radius 1 is 1.08 bits per heavy atom. The summed E-state index contributed by atoms with van der Waals surface area (Å²) in [4.78, 5) is 14.9. The third-order valence-corrected chi connectivity index (χ3v) is 7.16. The van der Waals surface area contributed by atoms with E-state index in [-0.39, 0.29) is 10.6 Å². The molecule has 9 heteroatoms. The number of nitro benzene ring substituents is 1. The highest BCUT2D eigenvalue weighted by Gasteiger charge is 2.42. The van der Waals surface area contributed by atoms with Crippen molar-refractivity contribution in [2.45, 2.75) is 36.6 Å². The number of nitrogens with zero attached hydrogens (tertiary/aromatic N) is 3. The molecule has 1 saturated heterocycles. The number of anilines is 1.